The Labute approximate surface area is 135 Å². The number of halogens is 2. The summed E-state index contributed by atoms with van der Waals surface area (Å²) in [6.07, 6.45) is 1.02. The Bertz CT molecular complexity index is 693. The van der Waals surface area contributed by atoms with Crippen LogP contribution in [0.2, 0.25) is 0 Å². The Balaban J connectivity index is 1.89. The molecule has 0 saturated carbocycles. The van der Waals surface area contributed by atoms with E-state index in [1.54, 1.807) is 4.90 Å². The lowest BCUT2D eigenvalue weighted by Gasteiger charge is -2.21. The van der Waals surface area contributed by atoms with Crippen LogP contribution in [-0.4, -0.2) is 42.3 Å². The first-order valence-electron chi connectivity index (χ1n) is 6.92. The smallest absolute Gasteiger partial charge is 0.228 e. The molecule has 0 spiro atoms. The molecule has 1 aromatic carbocycles. The van der Waals surface area contributed by atoms with Crippen molar-refractivity contribution in [1.29, 1.82) is 5.26 Å². The number of hydrogen-bond donors (Lipinski definition) is 0. The summed E-state index contributed by atoms with van der Waals surface area (Å²) in [6, 6.07) is 4.69. The molecule has 1 amide bonds. The second-order valence-electron chi connectivity index (χ2n) is 5.26. The van der Waals surface area contributed by atoms with Gasteiger partial charge in [-0.25, -0.2) is 4.39 Å². The monoisotopic (exact) mass is 365 g/mol. The summed E-state index contributed by atoms with van der Waals surface area (Å²) in [6.45, 7) is 1.61. The number of hydrogen-bond acceptors (Lipinski definition) is 4. The Morgan fingerprint density at radius 3 is 3.00 bits per heavy atom. The van der Waals surface area contributed by atoms with Gasteiger partial charge >= 0.3 is 0 Å². The van der Waals surface area contributed by atoms with E-state index >= 15 is 0 Å². The topological polar surface area (TPSA) is 65.7 Å². The quantitative estimate of drug-likeness (QED) is 0.808. The molecular weight excluding hydrogens is 353 g/mol. The van der Waals surface area contributed by atoms with Crippen molar-refractivity contribution in [3.8, 4) is 6.07 Å². The molecule has 3 rings (SSSR count). The number of likely N-dealkylation sites (tertiary alicyclic amines) is 1. The molecule has 0 aliphatic carbocycles. The first kappa shape index (κ1) is 15.1. The third-order valence-corrected chi connectivity index (χ3v) is 4.59. The molecule has 1 atom stereocenters. The van der Waals surface area contributed by atoms with Crippen molar-refractivity contribution in [1.82, 2.24) is 4.90 Å². The van der Waals surface area contributed by atoms with Crippen molar-refractivity contribution in [2.75, 3.05) is 19.8 Å². The van der Waals surface area contributed by atoms with Gasteiger partial charge in [-0.05, 0) is 34.5 Å². The van der Waals surface area contributed by atoms with Gasteiger partial charge in [-0.15, -0.1) is 0 Å². The van der Waals surface area contributed by atoms with E-state index in [0.29, 0.717) is 25.5 Å². The first-order chi connectivity index (χ1) is 10.6. The minimum Gasteiger partial charge on any atom is -0.379 e. The van der Waals surface area contributed by atoms with Crippen molar-refractivity contribution in [3.63, 3.8) is 0 Å². The molecule has 2 heterocycles. The lowest BCUT2D eigenvalue weighted by atomic mass is 10.2. The normalized spacial score (nSPS) is 23.3. The summed E-state index contributed by atoms with van der Waals surface area (Å²) in [5, 5.41) is 9.13. The minimum atomic E-state index is -0.483. The number of rotatable bonds is 2. The third kappa shape index (κ3) is 2.76. The van der Waals surface area contributed by atoms with Crippen LogP contribution in [-0.2, 0) is 9.53 Å². The lowest BCUT2D eigenvalue weighted by molar-refractivity contribution is -0.129. The van der Waals surface area contributed by atoms with Crippen LogP contribution in [0.25, 0.3) is 0 Å². The van der Waals surface area contributed by atoms with Crippen LogP contribution in [0.5, 0.6) is 0 Å². The number of benzene rings is 1. The molecule has 1 aromatic rings. The maximum absolute atomic E-state index is 13.6. The molecule has 0 N–H and O–H groups in total. The standard InChI is InChI=1S/C15H13BrFN3O2/c16-14-12(17)2-1-9(6-18)15(14)19-10-5-13(21)20(7-10)11-3-4-22-8-11/h1-2,11H,3-5,7-8H2/t11-/m1/s1. The van der Waals surface area contributed by atoms with Gasteiger partial charge in [-0.1, -0.05) is 0 Å². The van der Waals surface area contributed by atoms with Gasteiger partial charge in [-0.3, -0.25) is 9.79 Å². The molecule has 22 heavy (non-hydrogen) atoms. The van der Waals surface area contributed by atoms with E-state index in [2.05, 4.69) is 20.9 Å². The summed E-state index contributed by atoms with van der Waals surface area (Å²) < 4.78 is 19.1. The average Bonchev–Trinajstić information content (AvgIpc) is 3.13. The fourth-order valence-corrected chi connectivity index (χ4v) is 3.12. The zero-order chi connectivity index (χ0) is 15.7. The van der Waals surface area contributed by atoms with Gasteiger partial charge < -0.3 is 9.64 Å². The van der Waals surface area contributed by atoms with E-state index < -0.39 is 5.82 Å². The zero-order valence-corrected chi connectivity index (χ0v) is 13.3. The van der Waals surface area contributed by atoms with Gasteiger partial charge in [0.1, 0.15) is 11.9 Å². The molecule has 7 heteroatoms. The van der Waals surface area contributed by atoms with Gasteiger partial charge in [0.05, 0.1) is 41.3 Å². The van der Waals surface area contributed by atoms with Crippen molar-refractivity contribution in [2.45, 2.75) is 18.9 Å². The first-order valence-corrected chi connectivity index (χ1v) is 7.71. The van der Waals surface area contributed by atoms with E-state index in [1.165, 1.54) is 12.1 Å². The number of aliphatic imine (C=N–C) groups is 1. The lowest BCUT2D eigenvalue weighted by Crippen LogP contribution is -2.36. The molecule has 5 nitrogen and oxygen atoms in total. The van der Waals surface area contributed by atoms with Crippen LogP contribution < -0.4 is 0 Å². The number of amides is 1. The van der Waals surface area contributed by atoms with Crippen LogP contribution in [0.4, 0.5) is 10.1 Å². The van der Waals surface area contributed by atoms with E-state index in [4.69, 9.17) is 10.00 Å². The van der Waals surface area contributed by atoms with E-state index in [9.17, 15) is 9.18 Å². The molecule has 0 radical (unpaired) electrons. The molecule has 2 fully saturated rings. The molecule has 0 unspecified atom stereocenters. The Morgan fingerprint density at radius 2 is 2.32 bits per heavy atom. The molecule has 114 valence electrons. The number of nitriles is 1. The highest BCUT2D eigenvalue weighted by molar-refractivity contribution is 9.10. The van der Waals surface area contributed by atoms with Crippen molar-refractivity contribution in [2.24, 2.45) is 4.99 Å². The Hall–Kier alpha value is -1.78. The predicted octanol–water partition coefficient (Wildman–Crippen LogP) is 2.55. The van der Waals surface area contributed by atoms with Crippen LogP contribution in [0, 0.1) is 17.1 Å². The zero-order valence-electron chi connectivity index (χ0n) is 11.7. The molecule has 2 saturated heterocycles. The molecule has 2 aliphatic heterocycles. The summed E-state index contributed by atoms with van der Waals surface area (Å²) in [4.78, 5) is 18.2. The fourth-order valence-electron chi connectivity index (χ4n) is 2.69. The van der Waals surface area contributed by atoms with E-state index in [0.717, 1.165) is 6.42 Å². The van der Waals surface area contributed by atoms with Crippen molar-refractivity contribution >= 4 is 33.2 Å². The summed E-state index contributed by atoms with van der Waals surface area (Å²) in [5.41, 5.74) is 1.16. The van der Waals surface area contributed by atoms with Gasteiger partial charge in [0, 0.05) is 12.3 Å². The van der Waals surface area contributed by atoms with Crippen LogP contribution in [0.1, 0.15) is 18.4 Å². The minimum absolute atomic E-state index is 0.000262. The largest absolute Gasteiger partial charge is 0.379 e. The number of carbonyl (C=O) groups is 1. The average molecular weight is 366 g/mol. The molecule has 0 bridgehead atoms. The molecule has 0 aromatic heterocycles. The van der Waals surface area contributed by atoms with Crippen LogP contribution in [0.15, 0.2) is 21.6 Å². The Morgan fingerprint density at radius 1 is 1.50 bits per heavy atom. The maximum Gasteiger partial charge on any atom is 0.228 e. The van der Waals surface area contributed by atoms with Crippen LogP contribution in [0.3, 0.4) is 0 Å². The van der Waals surface area contributed by atoms with Crippen molar-refractivity contribution in [3.05, 3.63) is 28.0 Å². The number of nitrogens with zero attached hydrogens (tertiary/aromatic N) is 3. The molecule has 2 aliphatic rings. The second kappa shape index (κ2) is 6.15. The van der Waals surface area contributed by atoms with Crippen LogP contribution >= 0.6 is 15.9 Å². The van der Waals surface area contributed by atoms with Gasteiger partial charge in [0.25, 0.3) is 0 Å². The predicted molar refractivity (Wildman–Crippen MR) is 81.5 cm³/mol. The highest BCUT2D eigenvalue weighted by Gasteiger charge is 2.34. The van der Waals surface area contributed by atoms with E-state index in [-0.39, 0.29) is 34.1 Å². The SMILES string of the molecule is N#Cc1ccc(F)c(Br)c1N=C1CC(=O)N([C@@H]2CCOC2)C1. The van der Waals surface area contributed by atoms with Gasteiger partial charge in [-0.2, -0.15) is 5.26 Å². The second-order valence-corrected chi connectivity index (χ2v) is 6.06. The Kier molecular flexibility index (Phi) is 4.23. The highest BCUT2D eigenvalue weighted by Crippen LogP contribution is 2.33. The highest BCUT2D eigenvalue weighted by atomic mass is 79.9. The third-order valence-electron chi connectivity index (χ3n) is 3.83. The van der Waals surface area contributed by atoms with E-state index in [1.807, 2.05) is 6.07 Å². The fraction of sp³-hybridized carbons (Fsp3) is 0.400. The summed E-state index contributed by atoms with van der Waals surface area (Å²) in [7, 11) is 0. The summed E-state index contributed by atoms with van der Waals surface area (Å²) in [5.74, 6) is -0.482. The summed E-state index contributed by atoms with van der Waals surface area (Å²) >= 11 is 3.12. The number of carbonyl (C=O) groups excluding carboxylic acids is 1. The maximum atomic E-state index is 13.6. The van der Waals surface area contributed by atoms with Crippen molar-refractivity contribution < 1.29 is 13.9 Å². The van der Waals surface area contributed by atoms with Gasteiger partial charge in [0.15, 0.2) is 0 Å². The number of ether oxygens (including phenoxy) is 1. The molecular formula is C15H13BrFN3O2. The van der Waals surface area contributed by atoms with Gasteiger partial charge in [0.2, 0.25) is 5.91 Å².